The Labute approximate surface area is 179 Å². The van der Waals surface area contributed by atoms with E-state index in [9.17, 15) is 13.6 Å². The Bertz CT molecular complexity index is 1040. The number of pyridine rings is 1. The summed E-state index contributed by atoms with van der Waals surface area (Å²) in [6.45, 7) is 1.23. The summed E-state index contributed by atoms with van der Waals surface area (Å²) in [6, 6.07) is 9.14. The highest BCUT2D eigenvalue weighted by Gasteiger charge is 2.63. The van der Waals surface area contributed by atoms with Gasteiger partial charge in [0.05, 0.1) is 11.7 Å². The Balaban J connectivity index is 1.37. The molecule has 0 unspecified atom stereocenters. The van der Waals surface area contributed by atoms with Crippen LogP contribution in [0.5, 0.6) is 0 Å². The lowest BCUT2D eigenvalue weighted by Gasteiger charge is -2.32. The normalized spacial score (nSPS) is 17.3. The second-order valence-corrected chi connectivity index (χ2v) is 8.65. The second-order valence-electron chi connectivity index (χ2n) is 8.65. The molecule has 2 heterocycles. The van der Waals surface area contributed by atoms with Crippen LogP contribution in [0.15, 0.2) is 48.9 Å². The first-order valence-electron chi connectivity index (χ1n) is 10.5. The molecule has 8 heteroatoms. The SMILES string of the molecule is CC(F)(F)C1([C@H](CC(=O)NC[C@@H](N)Cc2ccc3[nH]ncc3c2)c2cccnc2)CC1. The Morgan fingerprint density at radius 3 is 2.81 bits per heavy atom. The maximum Gasteiger partial charge on any atom is 0.251 e. The highest BCUT2D eigenvalue weighted by molar-refractivity contribution is 5.78. The molecule has 0 radical (unpaired) electrons. The molecule has 4 rings (SSSR count). The first-order chi connectivity index (χ1) is 14.8. The molecule has 164 valence electrons. The van der Waals surface area contributed by atoms with Crippen molar-refractivity contribution in [2.75, 3.05) is 6.54 Å². The van der Waals surface area contributed by atoms with E-state index in [1.165, 1.54) is 0 Å². The van der Waals surface area contributed by atoms with Crippen LogP contribution < -0.4 is 11.1 Å². The molecule has 1 aliphatic carbocycles. The summed E-state index contributed by atoms with van der Waals surface area (Å²) >= 11 is 0. The van der Waals surface area contributed by atoms with E-state index in [2.05, 4.69) is 20.5 Å². The van der Waals surface area contributed by atoms with E-state index >= 15 is 0 Å². The molecule has 1 aromatic carbocycles. The van der Waals surface area contributed by atoms with Crippen LogP contribution in [0.3, 0.4) is 0 Å². The minimum atomic E-state index is -2.87. The molecule has 2 atom stereocenters. The number of hydrogen-bond donors (Lipinski definition) is 3. The summed E-state index contributed by atoms with van der Waals surface area (Å²) in [5.41, 5.74) is 7.71. The van der Waals surface area contributed by atoms with Crippen molar-refractivity contribution in [1.82, 2.24) is 20.5 Å². The molecule has 0 spiro atoms. The van der Waals surface area contributed by atoms with Crippen molar-refractivity contribution in [3.63, 3.8) is 0 Å². The third-order valence-electron chi connectivity index (χ3n) is 6.37. The molecule has 2 aromatic heterocycles. The Kier molecular flexibility index (Phi) is 5.75. The van der Waals surface area contributed by atoms with Crippen molar-refractivity contribution < 1.29 is 13.6 Å². The maximum atomic E-state index is 14.4. The van der Waals surface area contributed by atoms with Crippen molar-refractivity contribution in [3.05, 3.63) is 60.0 Å². The standard InChI is InChI=1S/C23H27F2N5O/c1-22(24,25)23(6-7-23)19(16-3-2-8-27-12-16)11-21(31)28-14-18(26)10-15-4-5-20-17(9-15)13-29-30-20/h2-5,8-9,12-13,18-19H,6-7,10-11,14,26H2,1H3,(H,28,31)(H,29,30)/t18-,19+/m0/s1. The van der Waals surface area contributed by atoms with Gasteiger partial charge in [-0.25, -0.2) is 8.78 Å². The Morgan fingerprint density at radius 2 is 2.13 bits per heavy atom. The highest BCUT2D eigenvalue weighted by atomic mass is 19.3. The number of halogens is 2. The molecule has 4 N–H and O–H groups in total. The van der Waals surface area contributed by atoms with Gasteiger partial charge in [-0.2, -0.15) is 5.10 Å². The summed E-state index contributed by atoms with van der Waals surface area (Å²) in [5, 5.41) is 10.7. The number of carbonyl (C=O) groups is 1. The van der Waals surface area contributed by atoms with Crippen LogP contribution >= 0.6 is 0 Å². The molecule has 0 bridgehead atoms. The first-order valence-corrected chi connectivity index (χ1v) is 10.5. The van der Waals surface area contributed by atoms with Crippen molar-refractivity contribution >= 4 is 16.8 Å². The largest absolute Gasteiger partial charge is 0.355 e. The van der Waals surface area contributed by atoms with E-state index < -0.39 is 17.3 Å². The Hall–Kier alpha value is -2.87. The van der Waals surface area contributed by atoms with Gasteiger partial charge in [-0.1, -0.05) is 12.1 Å². The lowest BCUT2D eigenvalue weighted by Crippen LogP contribution is -2.40. The summed E-state index contributed by atoms with van der Waals surface area (Å²) in [7, 11) is 0. The number of nitrogens with zero attached hydrogens (tertiary/aromatic N) is 2. The van der Waals surface area contributed by atoms with Gasteiger partial charge in [0.1, 0.15) is 0 Å². The van der Waals surface area contributed by atoms with Gasteiger partial charge in [-0.3, -0.25) is 14.9 Å². The molecule has 31 heavy (non-hydrogen) atoms. The fourth-order valence-electron chi connectivity index (χ4n) is 4.44. The van der Waals surface area contributed by atoms with Gasteiger partial charge in [0.2, 0.25) is 5.91 Å². The monoisotopic (exact) mass is 427 g/mol. The smallest absolute Gasteiger partial charge is 0.251 e. The van der Waals surface area contributed by atoms with Gasteiger partial charge in [0, 0.05) is 48.1 Å². The molecule has 0 saturated heterocycles. The summed E-state index contributed by atoms with van der Waals surface area (Å²) in [5.74, 6) is -3.72. The summed E-state index contributed by atoms with van der Waals surface area (Å²) in [4.78, 5) is 16.8. The Morgan fingerprint density at radius 1 is 1.32 bits per heavy atom. The van der Waals surface area contributed by atoms with Crippen LogP contribution in [-0.4, -0.2) is 39.6 Å². The van der Waals surface area contributed by atoms with Crippen LogP contribution in [0, 0.1) is 5.41 Å². The van der Waals surface area contributed by atoms with Crippen LogP contribution in [0.1, 0.15) is 43.2 Å². The van der Waals surface area contributed by atoms with Crippen LogP contribution in [0.2, 0.25) is 0 Å². The molecule has 1 amide bonds. The first kappa shape index (κ1) is 21.4. The number of aromatic nitrogens is 3. The van der Waals surface area contributed by atoms with Crippen LogP contribution in [0.4, 0.5) is 8.78 Å². The predicted molar refractivity (Wildman–Crippen MR) is 115 cm³/mol. The third kappa shape index (κ3) is 4.58. The van der Waals surface area contributed by atoms with Gasteiger partial charge < -0.3 is 11.1 Å². The van der Waals surface area contributed by atoms with Crippen molar-refractivity contribution in [1.29, 1.82) is 0 Å². The van der Waals surface area contributed by atoms with Gasteiger partial charge >= 0.3 is 0 Å². The van der Waals surface area contributed by atoms with Crippen LogP contribution in [-0.2, 0) is 11.2 Å². The fourth-order valence-corrected chi connectivity index (χ4v) is 4.44. The average Bonchev–Trinajstić information content (AvgIpc) is 3.43. The number of hydrogen-bond acceptors (Lipinski definition) is 4. The zero-order chi connectivity index (χ0) is 22.1. The summed E-state index contributed by atoms with van der Waals surface area (Å²) in [6.07, 6.45) is 6.32. The molecular weight excluding hydrogens is 400 g/mol. The fraction of sp³-hybridized carbons (Fsp3) is 0.435. The van der Waals surface area contributed by atoms with E-state index in [-0.39, 0.29) is 24.9 Å². The minimum Gasteiger partial charge on any atom is -0.355 e. The quantitative estimate of drug-likeness (QED) is 0.487. The van der Waals surface area contributed by atoms with E-state index in [0.717, 1.165) is 23.4 Å². The lowest BCUT2D eigenvalue weighted by atomic mass is 9.77. The molecule has 3 aromatic rings. The number of nitrogens with two attached hydrogens (primary N) is 1. The number of aromatic amines is 1. The summed E-state index contributed by atoms with van der Waals surface area (Å²) < 4.78 is 28.8. The highest BCUT2D eigenvalue weighted by Crippen LogP contribution is 2.65. The van der Waals surface area contributed by atoms with Crippen molar-refractivity contribution in [3.8, 4) is 0 Å². The van der Waals surface area contributed by atoms with E-state index in [0.29, 0.717) is 24.8 Å². The van der Waals surface area contributed by atoms with Crippen molar-refractivity contribution in [2.45, 2.75) is 50.5 Å². The van der Waals surface area contributed by atoms with Crippen LogP contribution in [0.25, 0.3) is 10.9 Å². The maximum absolute atomic E-state index is 14.4. The van der Waals surface area contributed by atoms with Crippen molar-refractivity contribution in [2.24, 2.45) is 11.1 Å². The molecule has 6 nitrogen and oxygen atoms in total. The van der Waals surface area contributed by atoms with Gasteiger partial charge in [-0.15, -0.1) is 0 Å². The van der Waals surface area contributed by atoms with E-state index in [4.69, 9.17) is 5.73 Å². The second kappa shape index (κ2) is 8.34. The van der Waals surface area contributed by atoms with Gasteiger partial charge in [-0.05, 0) is 55.5 Å². The van der Waals surface area contributed by atoms with Gasteiger partial charge in [0.25, 0.3) is 5.92 Å². The molecule has 1 fully saturated rings. The van der Waals surface area contributed by atoms with Gasteiger partial charge in [0.15, 0.2) is 0 Å². The topological polar surface area (TPSA) is 96.7 Å². The zero-order valence-corrected chi connectivity index (χ0v) is 17.4. The molecular formula is C23H27F2N5O. The number of alkyl halides is 2. The molecule has 1 saturated carbocycles. The number of fused-ring (bicyclic) bond motifs is 1. The number of nitrogens with one attached hydrogen (secondary N) is 2. The van der Waals surface area contributed by atoms with E-state index in [1.54, 1.807) is 30.7 Å². The number of carbonyl (C=O) groups excluding carboxylic acids is 1. The minimum absolute atomic E-state index is 0.0111. The average molecular weight is 427 g/mol. The number of benzene rings is 1. The number of amides is 1. The predicted octanol–water partition coefficient (Wildman–Crippen LogP) is 3.55. The zero-order valence-electron chi connectivity index (χ0n) is 17.4. The molecule has 0 aliphatic heterocycles. The number of rotatable bonds is 9. The van der Waals surface area contributed by atoms with E-state index in [1.807, 2.05) is 18.2 Å². The lowest BCUT2D eigenvalue weighted by molar-refractivity contribution is -0.123. The third-order valence-corrected chi connectivity index (χ3v) is 6.37. The number of H-pyrrole nitrogens is 1. The molecule has 1 aliphatic rings.